The predicted octanol–water partition coefficient (Wildman–Crippen LogP) is 2.03. The average Bonchev–Trinajstić information content (AvgIpc) is 2.44. The highest BCUT2D eigenvalue weighted by molar-refractivity contribution is 5.79. The van der Waals surface area contributed by atoms with E-state index in [1.807, 2.05) is 7.05 Å². The highest BCUT2D eigenvalue weighted by atomic mass is 15.3. The van der Waals surface area contributed by atoms with Gasteiger partial charge in [-0.05, 0) is 44.1 Å². The Kier molecular flexibility index (Phi) is 6.14. The van der Waals surface area contributed by atoms with Gasteiger partial charge in [0, 0.05) is 39.8 Å². The van der Waals surface area contributed by atoms with Crippen LogP contribution in [0.4, 0.5) is 0 Å². The van der Waals surface area contributed by atoms with Gasteiger partial charge in [0.1, 0.15) is 0 Å². The topological polar surface area (TPSA) is 30.9 Å². The third-order valence-corrected chi connectivity index (χ3v) is 4.62. The Morgan fingerprint density at radius 1 is 1.10 bits per heavy atom. The first-order valence-corrected chi connectivity index (χ1v) is 8.37. The summed E-state index contributed by atoms with van der Waals surface area (Å²) in [6.45, 7) is 11.7. The maximum atomic E-state index is 4.46. The van der Waals surface area contributed by atoms with Crippen molar-refractivity contribution in [3.05, 3.63) is 0 Å². The van der Waals surface area contributed by atoms with E-state index in [0.717, 1.165) is 44.0 Å². The molecule has 0 aliphatic carbocycles. The van der Waals surface area contributed by atoms with Crippen molar-refractivity contribution < 1.29 is 0 Å². The summed E-state index contributed by atoms with van der Waals surface area (Å²) in [4.78, 5) is 9.47. The average molecular weight is 280 g/mol. The van der Waals surface area contributed by atoms with E-state index in [2.05, 4.69) is 34.0 Å². The molecule has 0 bridgehead atoms. The standard InChI is InChI=1S/C16H32N4/c1-14-6-4-9-19(12-14)11-8-18-16(17-3)20-10-5-7-15(2)13-20/h14-15H,4-13H2,1-3H3,(H,17,18). The Labute approximate surface area is 124 Å². The van der Waals surface area contributed by atoms with Crippen molar-refractivity contribution in [2.45, 2.75) is 39.5 Å². The Morgan fingerprint density at radius 3 is 2.45 bits per heavy atom. The van der Waals surface area contributed by atoms with Crippen LogP contribution in [-0.4, -0.2) is 62.1 Å². The molecule has 0 saturated carbocycles. The minimum absolute atomic E-state index is 0.797. The second kappa shape index (κ2) is 7.87. The largest absolute Gasteiger partial charge is 0.355 e. The first kappa shape index (κ1) is 15.6. The number of aliphatic imine (C=N–C) groups is 1. The van der Waals surface area contributed by atoms with Gasteiger partial charge in [-0.2, -0.15) is 0 Å². The molecule has 2 unspecified atom stereocenters. The molecular formula is C16H32N4. The summed E-state index contributed by atoms with van der Waals surface area (Å²) in [5, 5.41) is 3.56. The maximum Gasteiger partial charge on any atom is 0.193 e. The van der Waals surface area contributed by atoms with Crippen molar-refractivity contribution in [2.24, 2.45) is 16.8 Å². The predicted molar refractivity (Wildman–Crippen MR) is 86.2 cm³/mol. The fourth-order valence-corrected chi connectivity index (χ4v) is 3.53. The van der Waals surface area contributed by atoms with Gasteiger partial charge in [-0.3, -0.25) is 4.99 Å². The zero-order valence-electron chi connectivity index (χ0n) is 13.6. The van der Waals surface area contributed by atoms with Crippen molar-refractivity contribution in [3.8, 4) is 0 Å². The molecule has 116 valence electrons. The second-order valence-electron chi connectivity index (χ2n) is 6.72. The normalized spacial score (nSPS) is 29.6. The molecular weight excluding hydrogens is 248 g/mol. The first-order chi connectivity index (χ1) is 9.69. The van der Waals surface area contributed by atoms with Crippen LogP contribution in [0.5, 0.6) is 0 Å². The van der Waals surface area contributed by atoms with Crippen molar-refractivity contribution in [1.82, 2.24) is 15.1 Å². The van der Waals surface area contributed by atoms with E-state index < -0.39 is 0 Å². The molecule has 2 atom stereocenters. The van der Waals surface area contributed by atoms with E-state index in [1.54, 1.807) is 0 Å². The van der Waals surface area contributed by atoms with Gasteiger partial charge >= 0.3 is 0 Å². The molecule has 4 heteroatoms. The van der Waals surface area contributed by atoms with Gasteiger partial charge < -0.3 is 15.1 Å². The third kappa shape index (κ3) is 4.65. The summed E-state index contributed by atoms with van der Waals surface area (Å²) in [5.41, 5.74) is 0. The van der Waals surface area contributed by atoms with Crippen LogP contribution in [0.2, 0.25) is 0 Å². The zero-order chi connectivity index (χ0) is 14.4. The number of hydrogen-bond acceptors (Lipinski definition) is 2. The van der Waals surface area contributed by atoms with E-state index in [4.69, 9.17) is 0 Å². The highest BCUT2D eigenvalue weighted by Crippen LogP contribution is 2.16. The number of piperidine rings is 2. The fourth-order valence-electron chi connectivity index (χ4n) is 3.53. The third-order valence-electron chi connectivity index (χ3n) is 4.62. The molecule has 1 N–H and O–H groups in total. The Bertz CT molecular complexity index is 316. The molecule has 0 aromatic heterocycles. The molecule has 0 aromatic carbocycles. The lowest BCUT2D eigenvalue weighted by molar-refractivity contribution is 0.185. The van der Waals surface area contributed by atoms with Crippen molar-refractivity contribution in [1.29, 1.82) is 0 Å². The molecule has 0 radical (unpaired) electrons. The van der Waals surface area contributed by atoms with E-state index in [9.17, 15) is 0 Å². The Hall–Kier alpha value is -0.770. The van der Waals surface area contributed by atoms with Gasteiger partial charge in [0.15, 0.2) is 5.96 Å². The van der Waals surface area contributed by atoms with Crippen LogP contribution in [0.1, 0.15) is 39.5 Å². The summed E-state index contributed by atoms with van der Waals surface area (Å²) in [6, 6.07) is 0. The number of hydrogen-bond donors (Lipinski definition) is 1. The van der Waals surface area contributed by atoms with Crippen LogP contribution < -0.4 is 5.32 Å². The number of rotatable bonds is 3. The van der Waals surface area contributed by atoms with E-state index >= 15 is 0 Å². The molecule has 0 aromatic rings. The molecule has 2 fully saturated rings. The highest BCUT2D eigenvalue weighted by Gasteiger charge is 2.20. The lowest BCUT2D eigenvalue weighted by atomic mass is 10.0. The Balaban J connectivity index is 1.71. The van der Waals surface area contributed by atoms with Gasteiger partial charge in [0.2, 0.25) is 0 Å². The van der Waals surface area contributed by atoms with Gasteiger partial charge in [0.05, 0.1) is 0 Å². The molecule has 2 aliphatic rings. The summed E-state index contributed by atoms with van der Waals surface area (Å²) in [7, 11) is 1.91. The minimum atomic E-state index is 0.797. The molecule has 2 heterocycles. The van der Waals surface area contributed by atoms with Crippen LogP contribution in [0.15, 0.2) is 4.99 Å². The molecule has 0 spiro atoms. The lowest BCUT2D eigenvalue weighted by Gasteiger charge is -2.34. The van der Waals surface area contributed by atoms with Crippen molar-refractivity contribution in [3.63, 3.8) is 0 Å². The van der Waals surface area contributed by atoms with Gasteiger partial charge in [-0.1, -0.05) is 13.8 Å². The molecule has 2 saturated heterocycles. The molecule has 0 amide bonds. The summed E-state index contributed by atoms with van der Waals surface area (Å²) in [5.74, 6) is 2.76. The van der Waals surface area contributed by atoms with Crippen LogP contribution in [-0.2, 0) is 0 Å². The molecule has 2 aliphatic heterocycles. The van der Waals surface area contributed by atoms with Crippen LogP contribution >= 0.6 is 0 Å². The van der Waals surface area contributed by atoms with Crippen molar-refractivity contribution >= 4 is 5.96 Å². The van der Waals surface area contributed by atoms with Crippen LogP contribution in [0, 0.1) is 11.8 Å². The SMILES string of the molecule is CN=C(NCCN1CCCC(C)C1)N1CCCC(C)C1. The summed E-state index contributed by atoms with van der Waals surface area (Å²) in [6.07, 6.45) is 5.42. The summed E-state index contributed by atoms with van der Waals surface area (Å²) >= 11 is 0. The zero-order valence-corrected chi connectivity index (χ0v) is 13.6. The number of guanidine groups is 1. The summed E-state index contributed by atoms with van der Waals surface area (Å²) < 4.78 is 0. The second-order valence-corrected chi connectivity index (χ2v) is 6.72. The molecule has 4 nitrogen and oxygen atoms in total. The van der Waals surface area contributed by atoms with E-state index in [0.29, 0.717) is 0 Å². The maximum absolute atomic E-state index is 4.46. The smallest absolute Gasteiger partial charge is 0.193 e. The number of likely N-dealkylation sites (tertiary alicyclic amines) is 2. The number of nitrogens with zero attached hydrogens (tertiary/aromatic N) is 3. The van der Waals surface area contributed by atoms with Gasteiger partial charge in [0.25, 0.3) is 0 Å². The number of nitrogens with one attached hydrogen (secondary N) is 1. The van der Waals surface area contributed by atoms with Crippen LogP contribution in [0.3, 0.4) is 0 Å². The van der Waals surface area contributed by atoms with Gasteiger partial charge in [-0.15, -0.1) is 0 Å². The molecule has 2 rings (SSSR count). The Morgan fingerprint density at radius 2 is 1.80 bits per heavy atom. The van der Waals surface area contributed by atoms with Gasteiger partial charge in [-0.25, -0.2) is 0 Å². The lowest BCUT2D eigenvalue weighted by Crippen LogP contribution is -2.48. The monoisotopic (exact) mass is 280 g/mol. The van der Waals surface area contributed by atoms with Crippen LogP contribution in [0.25, 0.3) is 0 Å². The first-order valence-electron chi connectivity index (χ1n) is 8.37. The molecule has 20 heavy (non-hydrogen) atoms. The van der Waals surface area contributed by atoms with E-state index in [1.165, 1.54) is 38.8 Å². The fraction of sp³-hybridized carbons (Fsp3) is 0.938. The quantitative estimate of drug-likeness (QED) is 0.634. The van der Waals surface area contributed by atoms with E-state index in [-0.39, 0.29) is 0 Å². The van der Waals surface area contributed by atoms with Crippen molar-refractivity contribution in [2.75, 3.05) is 46.3 Å². The minimum Gasteiger partial charge on any atom is -0.355 e.